The van der Waals surface area contributed by atoms with E-state index in [9.17, 15) is 43.2 Å². The fourth-order valence-corrected chi connectivity index (χ4v) is 14.7. The number of phosphoric acid groups is 2. The molecule has 0 aromatic carbocycles. The van der Waals surface area contributed by atoms with E-state index >= 15 is 0 Å². The minimum Gasteiger partial charge on any atom is -0.462 e. The molecule has 0 radical (unpaired) electrons. The topological polar surface area (TPSA) is 237 Å². The first-order valence-electron chi connectivity index (χ1n) is 43.7. The van der Waals surface area contributed by atoms with Gasteiger partial charge in [-0.2, -0.15) is 0 Å². The van der Waals surface area contributed by atoms with Crippen molar-refractivity contribution in [1.29, 1.82) is 0 Å². The molecule has 3 N–H and O–H groups in total. The van der Waals surface area contributed by atoms with Crippen LogP contribution >= 0.6 is 15.6 Å². The fourth-order valence-electron chi connectivity index (χ4n) is 13.1. The number of carbonyl (C=O) groups is 4. The number of aliphatic hydroxyl groups excluding tert-OH is 1. The lowest BCUT2D eigenvalue weighted by atomic mass is 9.99. The van der Waals surface area contributed by atoms with Crippen LogP contribution in [0.5, 0.6) is 0 Å². The van der Waals surface area contributed by atoms with Crippen LogP contribution in [0.15, 0.2) is 0 Å². The number of carbonyl (C=O) groups excluding carboxylic acids is 4. The molecule has 612 valence electrons. The molecule has 103 heavy (non-hydrogen) atoms. The summed E-state index contributed by atoms with van der Waals surface area (Å²) in [4.78, 5) is 72.9. The normalized spacial score (nSPS) is 14.1. The molecule has 0 amide bonds. The zero-order valence-corrected chi connectivity index (χ0v) is 69.3. The number of rotatable bonds is 84. The van der Waals surface area contributed by atoms with Gasteiger partial charge in [0.25, 0.3) is 0 Å². The van der Waals surface area contributed by atoms with Crippen molar-refractivity contribution in [1.82, 2.24) is 0 Å². The summed E-state index contributed by atoms with van der Waals surface area (Å²) in [6, 6.07) is 0. The van der Waals surface area contributed by atoms with Gasteiger partial charge in [0.05, 0.1) is 26.4 Å². The molecule has 0 rings (SSSR count). The Kier molecular flexibility index (Phi) is 75.4. The molecule has 0 saturated carbocycles. The van der Waals surface area contributed by atoms with Gasteiger partial charge in [-0.3, -0.25) is 37.3 Å². The maximum atomic E-state index is 13.1. The van der Waals surface area contributed by atoms with Gasteiger partial charge in [-0.05, 0) is 31.6 Å². The van der Waals surface area contributed by atoms with Gasteiger partial charge in [0.15, 0.2) is 12.2 Å². The Bertz CT molecular complexity index is 1960. The first-order chi connectivity index (χ1) is 50.1. The molecule has 0 aromatic rings. The average Bonchev–Trinajstić information content (AvgIpc) is 0.930. The fraction of sp³-hybridized carbons (Fsp3) is 0.952. The first-order valence-corrected chi connectivity index (χ1v) is 46.7. The SMILES string of the molecule is CCCCCCCCCCCCCCCCCCCCCCCCC(=O)OC[C@H](COP(=O)(O)OC[C@@H](O)COP(=O)(O)OC[C@@H](COC(=O)CCCCCCCCCC)OC(=O)CCCCCCCCCCCCC)OC(=O)CCCCCCCCCCCCCCCCCCCCC(C)CC. The number of esters is 4. The molecular weight excluding hydrogens is 1340 g/mol. The Hall–Kier alpha value is -1.94. The van der Waals surface area contributed by atoms with Gasteiger partial charge in [-0.15, -0.1) is 0 Å². The molecule has 0 fully saturated rings. The molecule has 0 aromatic heterocycles. The van der Waals surface area contributed by atoms with Crippen LogP contribution in [0, 0.1) is 5.92 Å². The average molecular weight is 1510 g/mol. The standard InChI is InChI=1S/C84H164O17P2/c1-6-10-13-16-19-22-24-25-26-27-28-29-30-31-35-38-41-45-48-53-58-63-68-82(87)95-74-80(101-84(89)70-65-60-55-50-46-42-39-36-33-32-34-37-40-44-47-51-56-61-66-77(5)9-4)76-99-103(92,93)97-72-78(85)71-96-102(90,91)98-75-79(73-94-81(86)67-62-57-52-21-18-15-12-8-3)100-83(88)69-64-59-54-49-43-23-20-17-14-11-7-2/h77-80,85H,6-76H2,1-5H3,(H,90,91)(H,92,93)/t77?,78-,79+,80+/m0/s1. The number of unbranched alkanes of at least 4 members (excludes halogenated alkanes) is 55. The van der Waals surface area contributed by atoms with Crippen LogP contribution in [-0.2, 0) is 65.4 Å². The van der Waals surface area contributed by atoms with Crippen molar-refractivity contribution in [2.24, 2.45) is 5.92 Å². The van der Waals surface area contributed by atoms with E-state index < -0.39 is 97.5 Å². The Labute approximate surface area is 632 Å². The maximum Gasteiger partial charge on any atom is 0.472 e. The van der Waals surface area contributed by atoms with E-state index in [1.807, 2.05) is 0 Å². The molecule has 0 bridgehead atoms. The third kappa shape index (κ3) is 76.6. The zero-order valence-electron chi connectivity index (χ0n) is 67.5. The van der Waals surface area contributed by atoms with Crippen molar-refractivity contribution < 1.29 is 80.2 Å². The lowest BCUT2D eigenvalue weighted by molar-refractivity contribution is -0.161. The Morgan fingerprint density at radius 3 is 0.689 bits per heavy atom. The largest absolute Gasteiger partial charge is 0.472 e. The highest BCUT2D eigenvalue weighted by Gasteiger charge is 2.30. The molecule has 0 aliphatic rings. The second kappa shape index (κ2) is 76.8. The monoisotopic (exact) mass is 1510 g/mol. The van der Waals surface area contributed by atoms with E-state index in [4.69, 9.17) is 37.0 Å². The van der Waals surface area contributed by atoms with Crippen molar-refractivity contribution in [2.45, 2.75) is 470 Å². The van der Waals surface area contributed by atoms with Crippen molar-refractivity contribution in [3.05, 3.63) is 0 Å². The van der Waals surface area contributed by atoms with Gasteiger partial charge in [-0.1, -0.05) is 401 Å². The van der Waals surface area contributed by atoms with E-state index in [1.54, 1.807) is 0 Å². The summed E-state index contributed by atoms with van der Waals surface area (Å²) in [5.41, 5.74) is 0. The smallest absolute Gasteiger partial charge is 0.462 e. The van der Waals surface area contributed by atoms with E-state index in [2.05, 4.69) is 34.6 Å². The van der Waals surface area contributed by atoms with Crippen LogP contribution in [0.4, 0.5) is 0 Å². The quantitative estimate of drug-likeness (QED) is 0.0222. The Morgan fingerprint density at radius 1 is 0.272 bits per heavy atom. The third-order valence-corrected chi connectivity index (χ3v) is 22.0. The summed E-state index contributed by atoms with van der Waals surface area (Å²) in [5, 5.41) is 10.6. The van der Waals surface area contributed by atoms with Crippen molar-refractivity contribution in [2.75, 3.05) is 39.6 Å². The molecular formula is C84H164O17P2. The summed E-state index contributed by atoms with van der Waals surface area (Å²) in [5.74, 6) is -1.24. The van der Waals surface area contributed by atoms with Crippen molar-refractivity contribution in [3.63, 3.8) is 0 Å². The lowest BCUT2D eigenvalue weighted by Crippen LogP contribution is -2.30. The predicted molar refractivity (Wildman–Crippen MR) is 423 cm³/mol. The number of phosphoric ester groups is 2. The van der Waals surface area contributed by atoms with E-state index in [1.165, 1.54) is 270 Å². The van der Waals surface area contributed by atoms with E-state index in [0.717, 1.165) is 102 Å². The van der Waals surface area contributed by atoms with Gasteiger partial charge in [0.1, 0.15) is 19.3 Å². The third-order valence-electron chi connectivity index (χ3n) is 20.1. The highest BCUT2D eigenvalue weighted by Crippen LogP contribution is 2.45. The highest BCUT2D eigenvalue weighted by atomic mass is 31.2. The van der Waals surface area contributed by atoms with Crippen LogP contribution in [0.3, 0.4) is 0 Å². The molecule has 0 saturated heterocycles. The van der Waals surface area contributed by atoms with Gasteiger partial charge in [-0.25, -0.2) is 9.13 Å². The Morgan fingerprint density at radius 2 is 0.466 bits per heavy atom. The van der Waals surface area contributed by atoms with Gasteiger partial charge in [0, 0.05) is 25.7 Å². The number of hydrogen-bond donors (Lipinski definition) is 3. The number of aliphatic hydroxyl groups is 1. The number of ether oxygens (including phenoxy) is 4. The maximum absolute atomic E-state index is 13.1. The van der Waals surface area contributed by atoms with Gasteiger partial charge < -0.3 is 33.8 Å². The van der Waals surface area contributed by atoms with Crippen LogP contribution in [0.1, 0.15) is 452 Å². The summed E-state index contributed by atoms with van der Waals surface area (Å²) in [6.07, 6.45) is 69.7. The summed E-state index contributed by atoms with van der Waals surface area (Å²) >= 11 is 0. The van der Waals surface area contributed by atoms with Crippen LogP contribution in [0.2, 0.25) is 0 Å². The molecule has 0 heterocycles. The number of hydrogen-bond acceptors (Lipinski definition) is 15. The highest BCUT2D eigenvalue weighted by molar-refractivity contribution is 7.47. The second-order valence-electron chi connectivity index (χ2n) is 30.5. The second-order valence-corrected chi connectivity index (χ2v) is 33.4. The first kappa shape index (κ1) is 101. The minimum atomic E-state index is -4.96. The molecule has 19 heteroatoms. The summed E-state index contributed by atoms with van der Waals surface area (Å²) in [7, 11) is -9.91. The lowest BCUT2D eigenvalue weighted by Gasteiger charge is -2.21. The van der Waals surface area contributed by atoms with Crippen LogP contribution < -0.4 is 0 Å². The molecule has 0 aliphatic carbocycles. The van der Waals surface area contributed by atoms with E-state index in [-0.39, 0.29) is 25.7 Å². The van der Waals surface area contributed by atoms with Gasteiger partial charge >= 0.3 is 39.5 Å². The van der Waals surface area contributed by atoms with Crippen molar-refractivity contribution in [3.8, 4) is 0 Å². The molecule has 17 nitrogen and oxygen atoms in total. The van der Waals surface area contributed by atoms with Crippen LogP contribution in [0.25, 0.3) is 0 Å². The van der Waals surface area contributed by atoms with Crippen LogP contribution in [-0.4, -0.2) is 96.7 Å². The van der Waals surface area contributed by atoms with Crippen molar-refractivity contribution >= 4 is 39.5 Å². The molecule has 0 spiro atoms. The summed E-state index contributed by atoms with van der Waals surface area (Å²) < 4.78 is 68.7. The molecule has 6 atom stereocenters. The minimum absolute atomic E-state index is 0.107. The molecule has 3 unspecified atom stereocenters. The van der Waals surface area contributed by atoms with Gasteiger partial charge in [0.2, 0.25) is 0 Å². The van der Waals surface area contributed by atoms with E-state index in [0.29, 0.717) is 25.7 Å². The Balaban J connectivity index is 5.14. The summed E-state index contributed by atoms with van der Waals surface area (Å²) in [6.45, 7) is 7.37. The predicted octanol–water partition coefficient (Wildman–Crippen LogP) is 25.6. The molecule has 0 aliphatic heterocycles. The zero-order chi connectivity index (χ0) is 75.5.